The van der Waals surface area contributed by atoms with Crippen molar-refractivity contribution in [3.63, 3.8) is 0 Å². The van der Waals surface area contributed by atoms with Gasteiger partial charge in [-0.2, -0.15) is 0 Å². The maximum atomic E-state index is 2.73. The number of hydrogen-bond acceptors (Lipinski definition) is 4. The summed E-state index contributed by atoms with van der Waals surface area (Å²) >= 11 is 0. The Labute approximate surface area is 554 Å². The fraction of sp³-hybridized carbons (Fsp3) is 0.372. The largest absolute Gasteiger partial charge is 0.311 e. The summed E-state index contributed by atoms with van der Waals surface area (Å²) in [6, 6.07) is 68.7. The van der Waals surface area contributed by atoms with E-state index in [1.54, 1.807) is 0 Å². The van der Waals surface area contributed by atoms with Crippen LogP contribution in [0.15, 0.2) is 170 Å². The summed E-state index contributed by atoms with van der Waals surface area (Å²) in [6.45, 7) is 56.2. The van der Waals surface area contributed by atoms with E-state index in [0.717, 1.165) is 11.4 Å². The molecule has 470 valence electrons. The van der Waals surface area contributed by atoms with Crippen LogP contribution in [0.2, 0.25) is 0 Å². The molecule has 0 radical (unpaired) electrons. The van der Waals surface area contributed by atoms with Gasteiger partial charge < -0.3 is 19.6 Å². The van der Waals surface area contributed by atoms with Crippen LogP contribution in [0.5, 0.6) is 0 Å². The van der Waals surface area contributed by atoms with Crippen molar-refractivity contribution in [2.75, 3.05) is 19.6 Å². The summed E-state index contributed by atoms with van der Waals surface area (Å²) in [6.07, 6.45) is 0. The number of hydrogen-bond donors (Lipinski definition) is 0. The minimum absolute atomic E-state index is 0.00695. The third kappa shape index (κ3) is 10.6. The Balaban J connectivity index is 1.20. The van der Waals surface area contributed by atoms with Crippen LogP contribution in [0.4, 0.5) is 68.2 Å². The summed E-state index contributed by atoms with van der Waals surface area (Å²) < 4.78 is 0. The van der Waals surface area contributed by atoms with E-state index < -0.39 is 0 Å². The molecular weight excluding hydrogens is 1110 g/mol. The van der Waals surface area contributed by atoms with E-state index in [9.17, 15) is 0 Å². The maximum Gasteiger partial charge on any atom is 0.252 e. The molecule has 0 unspecified atom stereocenters. The summed E-state index contributed by atoms with van der Waals surface area (Å²) in [5.41, 5.74) is 32.4. The van der Waals surface area contributed by atoms with Crippen molar-refractivity contribution < 1.29 is 0 Å². The van der Waals surface area contributed by atoms with Crippen molar-refractivity contribution in [1.82, 2.24) is 0 Å². The second kappa shape index (κ2) is 20.9. The first kappa shape index (κ1) is 63.1. The van der Waals surface area contributed by atoms with Crippen LogP contribution < -0.4 is 52.4 Å². The van der Waals surface area contributed by atoms with Gasteiger partial charge in [-0.15, -0.1) is 0 Å². The first-order valence-corrected chi connectivity index (χ1v) is 34.1. The van der Waals surface area contributed by atoms with Crippen LogP contribution in [-0.4, -0.2) is 13.4 Å². The lowest BCUT2D eigenvalue weighted by Gasteiger charge is -2.48. The molecule has 92 heavy (non-hydrogen) atoms. The second-order valence-corrected chi connectivity index (χ2v) is 35.8. The molecule has 4 heterocycles. The van der Waals surface area contributed by atoms with Gasteiger partial charge in [0.25, 0.3) is 13.4 Å². The number of anilines is 12. The molecule has 0 atom stereocenters. The van der Waals surface area contributed by atoms with E-state index in [2.05, 4.69) is 356 Å². The third-order valence-electron chi connectivity index (χ3n) is 20.7. The topological polar surface area (TPSA) is 13.0 Å². The molecule has 4 aliphatic heterocycles. The maximum absolute atomic E-state index is 2.73. The molecule has 0 saturated heterocycles. The SMILES string of the molecule is CC(C)(C)c1ccc(N2c3ccc(C(C)(C)C)cc3B3c4cc5c(cc4N(c4ccc(C(C)(C)C)cc4)c4cc(C(C)(C)C)cc2c43)N(c2ccc(C(C)(C)C)cc2)c2cc(C(C)(C)C)cc3c2B5c2cc(C(C)(C)C)ccc2N3c2ccc(C(C)(C)C)cc2)cc1. The number of nitrogens with zero attached hydrogens (tertiary/aromatic N) is 4. The summed E-state index contributed by atoms with van der Waals surface area (Å²) in [4.78, 5) is 10.6. The van der Waals surface area contributed by atoms with Crippen molar-refractivity contribution in [3.05, 3.63) is 214 Å². The Morgan fingerprint density at radius 3 is 0.620 bits per heavy atom. The lowest BCUT2D eigenvalue weighted by molar-refractivity contribution is 0.589. The van der Waals surface area contributed by atoms with Crippen LogP contribution in [0.3, 0.4) is 0 Å². The molecule has 13 rings (SSSR count). The normalized spacial score (nSPS) is 14.8. The van der Waals surface area contributed by atoms with E-state index in [4.69, 9.17) is 0 Å². The minimum Gasteiger partial charge on any atom is -0.311 e. The summed E-state index contributed by atoms with van der Waals surface area (Å²) in [7, 11) is 0. The van der Waals surface area contributed by atoms with Crippen LogP contribution in [0.25, 0.3) is 0 Å². The predicted octanol–water partition coefficient (Wildman–Crippen LogP) is 20.2. The average molecular weight is 1210 g/mol. The molecule has 0 N–H and O–H groups in total. The van der Waals surface area contributed by atoms with Gasteiger partial charge in [0.2, 0.25) is 0 Å². The standard InChI is InChI=1S/C86H100B2N4/c1-79(2,3)53-25-35-61(36-26-53)89-69-43-33-57(83(13,14)15)45-65(69)87-67-51-68-72(52-71(67)91(63-39-29-55(30-40-63)81(7,8)9)75-49-59(85(19,20)21)47-73(89)77(75)87)92(64-41-31-56(32-42-64)82(10,11)12)76-50-60(86(22,23)24)48-74-78(76)88(68)66-46-58(84(16,17)18)34-44-70(66)90(74)62-37-27-54(28-38-62)80(4,5)6/h25-52H,1-24H3. The lowest BCUT2D eigenvalue weighted by Crippen LogP contribution is -2.65. The van der Waals surface area contributed by atoms with Crippen LogP contribution >= 0.6 is 0 Å². The Bertz CT molecular complexity index is 4110. The summed E-state index contributed by atoms with van der Waals surface area (Å²) in [5.74, 6) is 0. The number of benzene rings is 9. The third-order valence-corrected chi connectivity index (χ3v) is 20.7. The number of rotatable bonds is 4. The van der Waals surface area contributed by atoms with E-state index in [1.807, 2.05) is 0 Å². The molecule has 0 bridgehead atoms. The zero-order valence-electron chi connectivity index (χ0n) is 60.1. The van der Waals surface area contributed by atoms with Crippen molar-refractivity contribution in [2.24, 2.45) is 0 Å². The molecule has 4 nitrogen and oxygen atoms in total. The van der Waals surface area contributed by atoms with Gasteiger partial charge in [0.05, 0.1) is 0 Å². The molecule has 0 aliphatic carbocycles. The highest BCUT2D eigenvalue weighted by molar-refractivity contribution is 7.03. The molecule has 0 fully saturated rings. The molecule has 6 heteroatoms. The van der Waals surface area contributed by atoms with Crippen LogP contribution in [-0.2, 0) is 43.3 Å². The van der Waals surface area contributed by atoms with Crippen molar-refractivity contribution >= 4 is 114 Å². The molecule has 4 aliphatic rings. The molecule has 9 aromatic carbocycles. The van der Waals surface area contributed by atoms with Gasteiger partial charge in [0.15, 0.2) is 0 Å². The summed E-state index contributed by atoms with van der Waals surface area (Å²) in [5, 5.41) is 0. The van der Waals surface area contributed by atoms with Crippen LogP contribution in [0.1, 0.15) is 211 Å². The highest BCUT2D eigenvalue weighted by Crippen LogP contribution is 2.52. The van der Waals surface area contributed by atoms with Gasteiger partial charge in [-0.1, -0.05) is 245 Å². The van der Waals surface area contributed by atoms with E-state index in [-0.39, 0.29) is 56.7 Å². The van der Waals surface area contributed by atoms with E-state index >= 15 is 0 Å². The van der Waals surface area contributed by atoms with Gasteiger partial charge in [0, 0.05) is 68.2 Å². The van der Waals surface area contributed by atoms with Crippen molar-refractivity contribution in [1.29, 1.82) is 0 Å². The fourth-order valence-electron chi connectivity index (χ4n) is 14.8. The smallest absolute Gasteiger partial charge is 0.252 e. The lowest BCUT2D eigenvalue weighted by atomic mass is 9.30. The predicted molar refractivity (Wildman–Crippen MR) is 404 cm³/mol. The van der Waals surface area contributed by atoms with Gasteiger partial charge in [-0.3, -0.25) is 0 Å². The van der Waals surface area contributed by atoms with Gasteiger partial charge >= 0.3 is 0 Å². The molecular formula is C86H100B2N4. The first-order chi connectivity index (χ1) is 42.7. The minimum atomic E-state index is -0.179. The van der Waals surface area contributed by atoms with Crippen molar-refractivity contribution in [3.8, 4) is 0 Å². The van der Waals surface area contributed by atoms with E-state index in [1.165, 1.54) is 134 Å². The zero-order chi connectivity index (χ0) is 66.3. The zero-order valence-corrected chi connectivity index (χ0v) is 60.1. The Hall–Kier alpha value is -7.69. The highest BCUT2D eigenvalue weighted by Gasteiger charge is 2.50. The number of fused-ring (bicyclic) bond motifs is 8. The molecule has 9 aromatic rings. The Morgan fingerprint density at radius 2 is 0.391 bits per heavy atom. The molecule has 0 amide bonds. The van der Waals surface area contributed by atoms with Crippen LogP contribution in [0, 0.1) is 0 Å². The Kier molecular flexibility index (Phi) is 14.3. The fourth-order valence-corrected chi connectivity index (χ4v) is 14.8. The molecule has 0 saturated carbocycles. The first-order valence-electron chi connectivity index (χ1n) is 34.1. The average Bonchev–Trinajstić information content (AvgIpc) is 0.684. The quantitative estimate of drug-likeness (QED) is 0.163. The highest BCUT2D eigenvalue weighted by atomic mass is 15.2. The molecule has 0 spiro atoms. The Morgan fingerprint density at radius 1 is 0.185 bits per heavy atom. The van der Waals surface area contributed by atoms with Gasteiger partial charge in [0.1, 0.15) is 0 Å². The monoisotopic (exact) mass is 1210 g/mol. The van der Waals surface area contributed by atoms with Crippen molar-refractivity contribution in [2.45, 2.75) is 209 Å². The second-order valence-electron chi connectivity index (χ2n) is 35.8. The van der Waals surface area contributed by atoms with E-state index in [0.29, 0.717) is 0 Å². The van der Waals surface area contributed by atoms with Gasteiger partial charge in [-0.25, -0.2) is 0 Å². The van der Waals surface area contributed by atoms with Gasteiger partial charge in [-0.05, 0) is 212 Å². The molecule has 0 aromatic heterocycles.